The molecule has 1 aromatic rings. The predicted molar refractivity (Wildman–Crippen MR) is 110 cm³/mol. The minimum atomic E-state index is 0.0734. The second kappa shape index (κ2) is 10.8. The van der Waals surface area contributed by atoms with Crippen molar-refractivity contribution in [3.63, 3.8) is 0 Å². The molecule has 2 fully saturated rings. The van der Waals surface area contributed by atoms with E-state index < -0.39 is 0 Å². The van der Waals surface area contributed by atoms with Gasteiger partial charge in [-0.25, -0.2) is 4.79 Å². The molecular formula is C20H31N3O3S. The first kappa shape index (κ1) is 20.3. The van der Waals surface area contributed by atoms with Gasteiger partial charge in [0.1, 0.15) is 5.75 Å². The number of morpholine rings is 1. The fourth-order valence-electron chi connectivity index (χ4n) is 3.54. The number of thioether (sulfide) groups is 1. The molecule has 0 bridgehead atoms. The highest BCUT2D eigenvalue weighted by Gasteiger charge is 2.27. The summed E-state index contributed by atoms with van der Waals surface area (Å²) in [4.78, 5) is 17.3. The maximum Gasteiger partial charge on any atom is 0.317 e. The number of carbonyl (C=O) groups is 1. The van der Waals surface area contributed by atoms with Gasteiger partial charge in [-0.2, -0.15) is 11.8 Å². The largest absolute Gasteiger partial charge is 0.497 e. The number of carbonyl (C=O) groups excluding carboxylic acids is 1. The van der Waals surface area contributed by atoms with E-state index in [9.17, 15) is 4.79 Å². The Bertz CT molecular complexity index is 578. The number of amides is 2. The van der Waals surface area contributed by atoms with Crippen molar-refractivity contribution in [2.24, 2.45) is 0 Å². The van der Waals surface area contributed by atoms with Gasteiger partial charge in [0.2, 0.25) is 0 Å². The third-order valence-corrected chi connectivity index (χ3v) is 6.32. The molecule has 27 heavy (non-hydrogen) atoms. The van der Waals surface area contributed by atoms with E-state index in [4.69, 9.17) is 9.47 Å². The summed E-state index contributed by atoms with van der Waals surface area (Å²) >= 11 is 1.97. The Labute approximate surface area is 166 Å². The van der Waals surface area contributed by atoms with E-state index in [0.717, 1.165) is 69.5 Å². The lowest BCUT2D eigenvalue weighted by atomic mass is 10.1. The van der Waals surface area contributed by atoms with Gasteiger partial charge in [0.05, 0.1) is 26.4 Å². The predicted octanol–water partition coefficient (Wildman–Crippen LogP) is 2.09. The average molecular weight is 394 g/mol. The second-order valence-corrected chi connectivity index (χ2v) is 8.17. The molecule has 150 valence electrons. The lowest BCUT2D eigenvalue weighted by molar-refractivity contribution is 0.0284. The van der Waals surface area contributed by atoms with Gasteiger partial charge < -0.3 is 19.7 Å². The van der Waals surface area contributed by atoms with E-state index in [1.54, 1.807) is 7.11 Å². The van der Waals surface area contributed by atoms with Gasteiger partial charge in [0.25, 0.3) is 0 Å². The lowest BCUT2D eigenvalue weighted by Crippen LogP contribution is -2.53. The standard InChI is InChI=1S/C20H31N3O3S/c1-25-19-5-3-17(4-6-19)7-8-21-20(24)23-9-2-14-27-16-18(23)15-22-10-12-26-13-11-22/h3-6,18H,2,7-16H2,1H3,(H,21,24)/t18-/m1/s1. The Hall–Kier alpha value is -1.44. The van der Waals surface area contributed by atoms with Crippen LogP contribution in [0.15, 0.2) is 24.3 Å². The van der Waals surface area contributed by atoms with E-state index in [0.29, 0.717) is 6.54 Å². The van der Waals surface area contributed by atoms with Gasteiger partial charge in [0, 0.05) is 38.5 Å². The van der Waals surface area contributed by atoms with E-state index in [2.05, 4.69) is 27.2 Å². The molecule has 0 spiro atoms. The third-order valence-electron chi connectivity index (χ3n) is 5.12. The summed E-state index contributed by atoms with van der Waals surface area (Å²) in [6.07, 6.45) is 1.89. The van der Waals surface area contributed by atoms with E-state index in [1.165, 1.54) is 5.56 Å². The van der Waals surface area contributed by atoms with Crippen LogP contribution in [0.2, 0.25) is 0 Å². The zero-order valence-corrected chi connectivity index (χ0v) is 17.0. The van der Waals surface area contributed by atoms with Gasteiger partial charge in [-0.1, -0.05) is 12.1 Å². The number of ether oxygens (including phenoxy) is 2. The van der Waals surface area contributed by atoms with Crippen LogP contribution in [0.1, 0.15) is 12.0 Å². The number of rotatable bonds is 6. The summed E-state index contributed by atoms with van der Waals surface area (Å²) in [6.45, 7) is 5.97. The number of hydrogen-bond donors (Lipinski definition) is 1. The molecule has 0 radical (unpaired) electrons. The van der Waals surface area contributed by atoms with Crippen LogP contribution in [-0.2, 0) is 11.2 Å². The maximum atomic E-state index is 12.8. The highest BCUT2D eigenvalue weighted by molar-refractivity contribution is 7.99. The van der Waals surface area contributed by atoms with Gasteiger partial charge >= 0.3 is 6.03 Å². The molecule has 0 aromatic heterocycles. The summed E-state index contributed by atoms with van der Waals surface area (Å²) in [6, 6.07) is 8.37. The van der Waals surface area contributed by atoms with Gasteiger partial charge in [0.15, 0.2) is 0 Å². The van der Waals surface area contributed by atoms with E-state index in [1.807, 2.05) is 23.9 Å². The van der Waals surface area contributed by atoms with Crippen LogP contribution >= 0.6 is 11.8 Å². The van der Waals surface area contributed by atoms with Crippen LogP contribution in [-0.4, -0.2) is 86.4 Å². The van der Waals surface area contributed by atoms with Crippen LogP contribution in [0.4, 0.5) is 4.79 Å². The topological polar surface area (TPSA) is 54.0 Å². The first-order chi connectivity index (χ1) is 13.3. The maximum absolute atomic E-state index is 12.8. The summed E-state index contributed by atoms with van der Waals surface area (Å²) in [5, 5.41) is 3.13. The van der Waals surface area contributed by atoms with E-state index >= 15 is 0 Å². The van der Waals surface area contributed by atoms with Crippen LogP contribution in [0, 0.1) is 0 Å². The number of nitrogens with one attached hydrogen (secondary N) is 1. The third kappa shape index (κ3) is 6.30. The summed E-state index contributed by atoms with van der Waals surface area (Å²) < 4.78 is 10.6. The molecule has 2 amide bonds. The quantitative estimate of drug-likeness (QED) is 0.802. The normalized spacial score (nSPS) is 21.5. The molecule has 1 N–H and O–H groups in total. The fourth-order valence-corrected chi connectivity index (χ4v) is 4.59. The number of nitrogens with zero attached hydrogens (tertiary/aromatic N) is 2. The van der Waals surface area contributed by atoms with Crippen molar-refractivity contribution in [3.8, 4) is 5.75 Å². The highest BCUT2D eigenvalue weighted by atomic mass is 32.2. The molecule has 0 aliphatic carbocycles. The number of methoxy groups -OCH3 is 1. The first-order valence-electron chi connectivity index (χ1n) is 9.81. The second-order valence-electron chi connectivity index (χ2n) is 7.02. The van der Waals surface area contributed by atoms with Crippen LogP contribution in [0.3, 0.4) is 0 Å². The number of hydrogen-bond acceptors (Lipinski definition) is 5. The Morgan fingerprint density at radius 1 is 1.26 bits per heavy atom. The SMILES string of the molecule is COc1ccc(CCNC(=O)N2CCCSC[C@H]2CN2CCOCC2)cc1. The molecular weight excluding hydrogens is 362 g/mol. The number of urea groups is 1. The molecule has 1 atom stereocenters. The fraction of sp³-hybridized carbons (Fsp3) is 0.650. The summed E-state index contributed by atoms with van der Waals surface area (Å²) in [5.74, 6) is 3.01. The molecule has 0 unspecified atom stereocenters. The zero-order chi connectivity index (χ0) is 18.9. The molecule has 2 aliphatic rings. The Morgan fingerprint density at radius 2 is 2.04 bits per heavy atom. The monoisotopic (exact) mass is 393 g/mol. The van der Waals surface area contributed by atoms with Gasteiger partial charge in [-0.15, -0.1) is 0 Å². The van der Waals surface area contributed by atoms with Crippen molar-refractivity contribution in [2.75, 3.05) is 64.6 Å². The minimum absolute atomic E-state index is 0.0734. The molecule has 1 aromatic carbocycles. The van der Waals surface area contributed by atoms with Crippen molar-refractivity contribution >= 4 is 17.8 Å². The molecule has 0 saturated carbocycles. The smallest absolute Gasteiger partial charge is 0.317 e. The Kier molecular flexibility index (Phi) is 8.10. The Morgan fingerprint density at radius 3 is 2.78 bits per heavy atom. The molecule has 2 aliphatic heterocycles. The van der Waals surface area contributed by atoms with Gasteiger partial charge in [-0.05, 0) is 36.3 Å². The minimum Gasteiger partial charge on any atom is -0.497 e. The Balaban J connectivity index is 1.49. The summed E-state index contributed by atoms with van der Waals surface area (Å²) in [5.41, 5.74) is 1.20. The van der Waals surface area contributed by atoms with Crippen LogP contribution in [0.25, 0.3) is 0 Å². The van der Waals surface area contributed by atoms with Crippen molar-refractivity contribution in [1.82, 2.24) is 15.1 Å². The highest BCUT2D eigenvalue weighted by Crippen LogP contribution is 2.18. The van der Waals surface area contributed by atoms with Crippen molar-refractivity contribution in [1.29, 1.82) is 0 Å². The van der Waals surface area contributed by atoms with Crippen molar-refractivity contribution in [3.05, 3.63) is 29.8 Å². The molecule has 3 rings (SSSR count). The summed E-state index contributed by atoms with van der Waals surface area (Å²) in [7, 11) is 1.67. The first-order valence-corrected chi connectivity index (χ1v) is 11.0. The molecule has 2 heterocycles. The average Bonchev–Trinajstić information content (AvgIpc) is 2.95. The molecule has 2 saturated heterocycles. The molecule has 7 heteroatoms. The van der Waals surface area contributed by atoms with Crippen LogP contribution in [0.5, 0.6) is 5.75 Å². The molecule has 6 nitrogen and oxygen atoms in total. The zero-order valence-electron chi connectivity index (χ0n) is 16.2. The van der Waals surface area contributed by atoms with Crippen molar-refractivity contribution < 1.29 is 14.3 Å². The van der Waals surface area contributed by atoms with Crippen molar-refractivity contribution in [2.45, 2.75) is 18.9 Å². The van der Waals surface area contributed by atoms with E-state index in [-0.39, 0.29) is 12.1 Å². The van der Waals surface area contributed by atoms with Crippen LogP contribution < -0.4 is 10.1 Å². The number of benzene rings is 1. The lowest BCUT2D eigenvalue weighted by Gasteiger charge is -2.35. The van der Waals surface area contributed by atoms with Gasteiger partial charge in [-0.3, -0.25) is 4.90 Å².